The van der Waals surface area contributed by atoms with Gasteiger partial charge in [-0.25, -0.2) is 14.4 Å². The predicted molar refractivity (Wildman–Crippen MR) is 116 cm³/mol. The summed E-state index contributed by atoms with van der Waals surface area (Å²) in [5.74, 6) is -1.66. The standard InChI is InChI=1S/C23H25N3O6/c1-2-13-24-22(29)26-20(27)16-31-21(28)19(14-17-9-5-3-6-10-17)25-23(30)32-15-18-11-7-4-8-12-18/h2-12,19H,1,13-16H2,(H,25,30)(H2,24,26,27,29)/t19-/m0/s1. The van der Waals surface area contributed by atoms with Crippen molar-refractivity contribution in [2.24, 2.45) is 0 Å². The Bertz CT molecular complexity index is 918. The number of carbonyl (C=O) groups excluding carboxylic acids is 4. The van der Waals surface area contributed by atoms with Crippen LogP contribution in [0.5, 0.6) is 0 Å². The summed E-state index contributed by atoms with van der Waals surface area (Å²) in [7, 11) is 0. The third-order valence-electron chi connectivity index (χ3n) is 4.08. The number of esters is 1. The maximum Gasteiger partial charge on any atom is 0.408 e. The number of ether oxygens (including phenoxy) is 2. The Balaban J connectivity index is 1.92. The van der Waals surface area contributed by atoms with E-state index in [0.717, 1.165) is 11.1 Å². The van der Waals surface area contributed by atoms with Gasteiger partial charge in [-0.2, -0.15) is 0 Å². The molecular weight excluding hydrogens is 414 g/mol. The number of alkyl carbamates (subject to hydrolysis) is 1. The number of imide groups is 1. The lowest BCUT2D eigenvalue weighted by atomic mass is 10.1. The zero-order valence-corrected chi connectivity index (χ0v) is 17.4. The normalized spacial score (nSPS) is 10.9. The number of urea groups is 1. The summed E-state index contributed by atoms with van der Waals surface area (Å²) in [5.41, 5.74) is 1.56. The SMILES string of the molecule is C=CCNC(=O)NC(=O)COC(=O)[C@H](Cc1ccccc1)NC(=O)OCc1ccccc1. The summed E-state index contributed by atoms with van der Waals surface area (Å²) in [6, 6.07) is 16.2. The molecule has 9 heteroatoms. The second kappa shape index (κ2) is 13.2. The van der Waals surface area contributed by atoms with Crippen LogP contribution < -0.4 is 16.0 Å². The van der Waals surface area contributed by atoms with Gasteiger partial charge < -0.3 is 20.1 Å². The van der Waals surface area contributed by atoms with E-state index in [0.29, 0.717) is 0 Å². The van der Waals surface area contributed by atoms with Crippen LogP contribution in [0.1, 0.15) is 11.1 Å². The van der Waals surface area contributed by atoms with E-state index >= 15 is 0 Å². The van der Waals surface area contributed by atoms with Gasteiger partial charge in [-0.1, -0.05) is 66.7 Å². The van der Waals surface area contributed by atoms with Crippen molar-refractivity contribution in [2.45, 2.75) is 19.1 Å². The maximum absolute atomic E-state index is 12.5. The van der Waals surface area contributed by atoms with Crippen LogP contribution in [0.15, 0.2) is 73.3 Å². The molecule has 0 aliphatic heterocycles. The van der Waals surface area contributed by atoms with E-state index in [2.05, 4.69) is 17.2 Å². The molecule has 0 unspecified atom stereocenters. The van der Waals surface area contributed by atoms with Gasteiger partial charge in [0.05, 0.1) is 0 Å². The molecule has 32 heavy (non-hydrogen) atoms. The minimum atomic E-state index is -1.09. The van der Waals surface area contributed by atoms with Crippen molar-refractivity contribution < 1.29 is 28.7 Å². The van der Waals surface area contributed by atoms with Crippen LogP contribution in [-0.2, 0) is 32.1 Å². The molecule has 2 rings (SSSR count). The molecule has 4 amide bonds. The Hall–Kier alpha value is -4.14. The average Bonchev–Trinajstić information content (AvgIpc) is 2.80. The van der Waals surface area contributed by atoms with E-state index in [4.69, 9.17) is 9.47 Å². The van der Waals surface area contributed by atoms with Crippen molar-refractivity contribution in [3.63, 3.8) is 0 Å². The number of hydrogen-bond acceptors (Lipinski definition) is 6. The number of carbonyl (C=O) groups is 4. The highest BCUT2D eigenvalue weighted by Crippen LogP contribution is 2.06. The summed E-state index contributed by atoms with van der Waals surface area (Å²) >= 11 is 0. The average molecular weight is 439 g/mol. The smallest absolute Gasteiger partial charge is 0.408 e. The Kier molecular flexibility index (Phi) is 9.97. The molecule has 0 saturated carbocycles. The van der Waals surface area contributed by atoms with Crippen LogP contribution in [-0.4, -0.2) is 43.2 Å². The van der Waals surface area contributed by atoms with Crippen molar-refractivity contribution in [3.05, 3.63) is 84.4 Å². The summed E-state index contributed by atoms with van der Waals surface area (Å²) in [6.45, 7) is 2.95. The highest BCUT2D eigenvalue weighted by molar-refractivity contribution is 5.95. The van der Waals surface area contributed by atoms with Crippen LogP contribution in [0, 0.1) is 0 Å². The zero-order chi connectivity index (χ0) is 23.2. The number of rotatable bonds is 10. The maximum atomic E-state index is 12.5. The summed E-state index contributed by atoms with van der Waals surface area (Å²) < 4.78 is 10.1. The Morgan fingerprint density at radius 2 is 1.53 bits per heavy atom. The van der Waals surface area contributed by atoms with Crippen molar-refractivity contribution in [3.8, 4) is 0 Å². The van der Waals surface area contributed by atoms with Gasteiger partial charge >= 0.3 is 18.1 Å². The quantitative estimate of drug-likeness (QED) is 0.385. The first-order valence-corrected chi connectivity index (χ1v) is 9.84. The first kappa shape index (κ1) is 24.1. The molecule has 3 N–H and O–H groups in total. The fourth-order valence-corrected chi connectivity index (χ4v) is 2.56. The minimum absolute atomic E-state index is 0.0298. The van der Waals surface area contributed by atoms with Gasteiger partial charge in [0.15, 0.2) is 6.61 Å². The van der Waals surface area contributed by atoms with E-state index in [1.54, 1.807) is 36.4 Å². The number of hydrogen-bond donors (Lipinski definition) is 3. The van der Waals surface area contributed by atoms with Gasteiger partial charge in [0.1, 0.15) is 12.6 Å². The van der Waals surface area contributed by atoms with Crippen LogP contribution in [0.2, 0.25) is 0 Å². The Morgan fingerprint density at radius 3 is 2.16 bits per heavy atom. The molecule has 0 aliphatic rings. The fourth-order valence-electron chi connectivity index (χ4n) is 2.56. The zero-order valence-electron chi connectivity index (χ0n) is 17.4. The lowest BCUT2D eigenvalue weighted by Crippen LogP contribution is -2.45. The predicted octanol–water partition coefficient (Wildman–Crippen LogP) is 2.08. The van der Waals surface area contributed by atoms with Gasteiger partial charge in [0.25, 0.3) is 5.91 Å². The van der Waals surface area contributed by atoms with E-state index < -0.39 is 36.6 Å². The molecule has 0 radical (unpaired) electrons. The molecule has 0 saturated heterocycles. The lowest BCUT2D eigenvalue weighted by Gasteiger charge is -2.17. The summed E-state index contributed by atoms with van der Waals surface area (Å²) in [5, 5.41) is 6.84. The fraction of sp³-hybridized carbons (Fsp3) is 0.217. The van der Waals surface area contributed by atoms with Gasteiger partial charge in [0.2, 0.25) is 0 Å². The van der Waals surface area contributed by atoms with E-state index in [1.807, 2.05) is 29.6 Å². The van der Waals surface area contributed by atoms with Gasteiger partial charge in [-0.05, 0) is 11.1 Å². The molecule has 2 aromatic carbocycles. The number of amides is 4. The molecule has 0 aromatic heterocycles. The molecule has 0 bridgehead atoms. The summed E-state index contributed by atoms with van der Waals surface area (Å²) in [6.07, 6.45) is 0.766. The van der Waals surface area contributed by atoms with Crippen molar-refractivity contribution in [1.29, 1.82) is 0 Å². The minimum Gasteiger partial charge on any atom is -0.454 e. The van der Waals surface area contributed by atoms with Gasteiger partial charge in [0, 0.05) is 13.0 Å². The van der Waals surface area contributed by atoms with E-state index in [9.17, 15) is 19.2 Å². The third kappa shape index (κ3) is 9.12. The van der Waals surface area contributed by atoms with E-state index in [-0.39, 0.29) is 19.6 Å². The molecule has 9 nitrogen and oxygen atoms in total. The van der Waals surface area contributed by atoms with Gasteiger partial charge in [-0.3, -0.25) is 10.1 Å². The molecule has 2 aromatic rings. The first-order valence-electron chi connectivity index (χ1n) is 9.84. The van der Waals surface area contributed by atoms with Crippen LogP contribution in [0.3, 0.4) is 0 Å². The first-order chi connectivity index (χ1) is 15.5. The molecule has 0 fully saturated rings. The lowest BCUT2D eigenvalue weighted by molar-refractivity contribution is -0.150. The van der Waals surface area contributed by atoms with E-state index in [1.165, 1.54) is 6.08 Å². The Labute approximate surface area is 185 Å². The third-order valence-corrected chi connectivity index (χ3v) is 4.08. The largest absolute Gasteiger partial charge is 0.454 e. The van der Waals surface area contributed by atoms with Crippen molar-refractivity contribution in [2.75, 3.05) is 13.2 Å². The van der Waals surface area contributed by atoms with Crippen LogP contribution in [0.4, 0.5) is 9.59 Å². The monoisotopic (exact) mass is 439 g/mol. The highest BCUT2D eigenvalue weighted by atomic mass is 16.6. The topological polar surface area (TPSA) is 123 Å². The van der Waals surface area contributed by atoms with Gasteiger partial charge in [-0.15, -0.1) is 6.58 Å². The second-order valence-corrected chi connectivity index (χ2v) is 6.60. The van der Waals surface area contributed by atoms with Crippen LogP contribution in [0.25, 0.3) is 0 Å². The molecule has 168 valence electrons. The summed E-state index contributed by atoms with van der Waals surface area (Å²) in [4.78, 5) is 48.0. The highest BCUT2D eigenvalue weighted by Gasteiger charge is 2.24. The van der Waals surface area contributed by atoms with Crippen LogP contribution >= 0.6 is 0 Å². The molecule has 0 spiro atoms. The Morgan fingerprint density at radius 1 is 0.906 bits per heavy atom. The van der Waals surface area contributed by atoms with Crippen molar-refractivity contribution in [1.82, 2.24) is 16.0 Å². The molecular formula is C23H25N3O6. The molecule has 1 atom stereocenters. The second-order valence-electron chi connectivity index (χ2n) is 6.60. The number of benzene rings is 2. The molecule has 0 heterocycles. The number of nitrogens with one attached hydrogen (secondary N) is 3. The molecule has 0 aliphatic carbocycles. The van der Waals surface area contributed by atoms with Crippen molar-refractivity contribution >= 4 is 24.0 Å².